The van der Waals surface area contributed by atoms with Crippen LogP contribution >= 0.6 is 0 Å². The molecule has 88 valence electrons. The second kappa shape index (κ2) is 6.43. The Balaban J connectivity index is 1.58. The average Bonchev–Trinajstić information content (AvgIpc) is 2.37. The summed E-state index contributed by atoms with van der Waals surface area (Å²) in [7, 11) is 0. The summed E-state index contributed by atoms with van der Waals surface area (Å²) >= 11 is 0. The van der Waals surface area contributed by atoms with Gasteiger partial charge in [0, 0.05) is 18.9 Å². The normalized spacial score (nSPS) is 17.2. The quantitative estimate of drug-likeness (QED) is 0.768. The van der Waals surface area contributed by atoms with Crippen molar-refractivity contribution in [1.82, 2.24) is 14.9 Å². The average molecular weight is 220 g/mol. The Morgan fingerprint density at radius 3 is 2.62 bits per heavy atom. The van der Waals surface area contributed by atoms with Gasteiger partial charge in [-0.25, -0.2) is 9.97 Å². The van der Waals surface area contributed by atoms with Gasteiger partial charge in [0.15, 0.2) is 0 Å². The Morgan fingerprint density at radius 2 is 1.88 bits per heavy atom. The smallest absolute Gasteiger partial charge is 0.222 e. The molecule has 0 spiro atoms. The maximum absolute atomic E-state index is 4.13. The summed E-state index contributed by atoms with van der Waals surface area (Å²) in [6.07, 6.45) is 8.84. The van der Waals surface area contributed by atoms with E-state index in [1.165, 1.54) is 38.9 Å². The van der Waals surface area contributed by atoms with Gasteiger partial charge in [0.1, 0.15) is 0 Å². The maximum Gasteiger partial charge on any atom is 0.222 e. The van der Waals surface area contributed by atoms with E-state index in [0.29, 0.717) is 0 Å². The van der Waals surface area contributed by atoms with Crippen LogP contribution in [0.15, 0.2) is 18.5 Å². The molecule has 0 unspecified atom stereocenters. The summed E-state index contributed by atoms with van der Waals surface area (Å²) in [5, 5.41) is 3.24. The minimum Gasteiger partial charge on any atom is -0.354 e. The van der Waals surface area contributed by atoms with Crippen molar-refractivity contribution < 1.29 is 0 Å². The van der Waals surface area contributed by atoms with Crippen molar-refractivity contribution in [2.24, 2.45) is 0 Å². The molecule has 4 nitrogen and oxygen atoms in total. The number of hydrogen-bond donors (Lipinski definition) is 1. The molecule has 0 aromatic carbocycles. The fourth-order valence-corrected chi connectivity index (χ4v) is 2.08. The lowest BCUT2D eigenvalue weighted by Gasteiger charge is -2.26. The van der Waals surface area contributed by atoms with Crippen LogP contribution in [-0.2, 0) is 0 Å². The monoisotopic (exact) mass is 220 g/mol. The lowest BCUT2D eigenvalue weighted by Crippen LogP contribution is -2.31. The highest BCUT2D eigenvalue weighted by atomic mass is 15.1. The first kappa shape index (κ1) is 11.3. The predicted molar refractivity (Wildman–Crippen MR) is 65.4 cm³/mol. The van der Waals surface area contributed by atoms with E-state index in [0.717, 1.165) is 18.9 Å². The van der Waals surface area contributed by atoms with Crippen LogP contribution in [0.5, 0.6) is 0 Å². The zero-order valence-corrected chi connectivity index (χ0v) is 9.73. The van der Waals surface area contributed by atoms with Gasteiger partial charge >= 0.3 is 0 Å². The third-order valence-corrected chi connectivity index (χ3v) is 2.95. The zero-order chi connectivity index (χ0) is 11.1. The third-order valence-electron chi connectivity index (χ3n) is 2.95. The van der Waals surface area contributed by atoms with E-state index in [9.17, 15) is 0 Å². The van der Waals surface area contributed by atoms with Crippen LogP contribution in [0.25, 0.3) is 0 Å². The fourth-order valence-electron chi connectivity index (χ4n) is 2.08. The van der Waals surface area contributed by atoms with Crippen LogP contribution in [0.2, 0.25) is 0 Å². The molecule has 1 aromatic rings. The number of likely N-dealkylation sites (tertiary alicyclic amines) is 1. The van der Waals surface area contributed by atoms with Crippen LogP contribution in [0.4, 0.5) is 5.95 Å². The van der Waals surface area contributed by atoms with E-state index in [2.05, 4.69) is 20.2 Å². The summed E-state index contributed by atoms with van der Waals surface area (Å²) in [6, 6.07) is 1.83. The van der Waals surface area contributed by atoms with E-state index in [4.69, 9.17) is 0 Å². The first-order chi connectivity index (χ1) is 7.95. The van der Waals surface area contributed by atoms with Crippen molar-refractivity contribution >= 4 is 5.95 Å². The van der Waals surface area contributed by atoms with E-state index < -0.39 is 0 Å². The molecule has 1 aliphatic rings. The van der Waals surface area contributed by atoms with Gasteiger partial charge in [0.2, 0.25) is 5.95 Å². The Bertz CT molecular complexity index is 282. The van der Waals surface area contributed by atoms with Gasteiger partial charge in [-0.05, 0) is 45.0 Å². The van der Waals surface area contributed by atoms with Gasteiger partial charge in [0.25, 0.3) is 0 Å². The van der Waals surface area contributed by atoms with Crippen LogP contribution in [-0.4, -0.2) is 41.0 Å². The third kappa shape index (κ3) is 3.77. The molecule has 0 atom stereocenters. The lowest BCUT2D eigenvalue weighted by atomic mass is 10.1. The van der Waals surface area contributed by atoms with Crippen molar-refractivity contribution in [2.45, 2.75) is 25.7 Å². The first-order valence-electron chi connectivity index (χ1n) is 6.18. The molecule has 0 aliphatic carbocycles. The molecule has 0 saturated carbocycles. The van der Waals surface area contributed by atoms with Gasteiger partial charge in [0.05, 0.1) is 0 Å². The van der Waals surface area contributed by atoms with Crippen LogP contribution in [0, 0.1) is 0 Å². The molecule has 2 heterocycles. The summed E-state index contributed by atoms with van der Waals surface area (Å²) in [4.78, 5) is 10.8. The molecule has 16 heavy (non-hydrogen) atoms. The topological polar surface area (TPSA) is 41.1 Å². The van der Waals surface area contributed by atoms with E-state index in [-0.39, 0.29) is 0 Å². The van der Waals surface area contributed by atoms with Crippen molar-refractivity contribution in [1.29, 1.82) is 0 Å². The minimum atomic E-state index is 0.737. The van der Waals surface area contributed by atoms with Gasteiger partial charge in [-0.3, -0.25) is 0 Å². The number of aromatic nitrogens is 2. The number of nitrogens with zero attached hydrogens (tertiary/aromatic N) is 3. The second-order valence-electron chi connectivity index (χ2n) is 4.26. The number of rotatable bonds is 5. The second-order valence-corrected chi connectivity index (χ2v) is 4.26. The molecule has 1 aliphatic heterocycles. The van der Waals surface area contributed by atoms with Gasteiger partial charge in [-0.15, -0.1) is 0 Å². The lowest BCUT2D eigenvalue weighted by molar-refractivity contribution is 0.228. The molecule has 4 heteroatoms. The van der Waals surface area contributed by atoms with E-state index in [1.807, 2.05) is 6.07 Å². The molecular formula is C12H20N4. The Hall–Kier alpha value is -1.16. The molecule has 0 amide bonds. The molecule has 1 N–H and O–H groups in total. The van der Waals surface area contributed by atoms with E-state index in [1.54, 1.807) is 12.4 Å². The Morgan fingerprint density at radius 1 is 1.12 bits per heavy atom. The number of nitrogens with one attached hydrogen (secondary N) is 1. The van der Waals surface area contributed by atoms with Crippen LogP contribution < -0.4 is 5.32 Å². The highest BCUT2D eigenvalue weighted by molar-refractivity contribution is 5.21. The van der Waals surface area contributed by atoms with E-state index >= 15 is 0 Å². The summed E-state index contributed by atoms with van der Waals surface area (Å²) < 4.78 is 0. The van der Waals surface area contributed by atoms with Crippen molar-refractivity contribution in [3.63, 3.8) is 0 Å². The van der Waals surface area contributed by atoms with Crippen LogP contribution in [0.3, 0.4) is 0 Å². The highest BCUT2D eigenvalue weighted by Crippen LogP contribution is 2.08. The van der Waals surface area contributed by atoms with Crippen molar-refractivity contribution in [2.75, 3.05) is 31.5 Å². The predicted octanol–water partition coefficient (Wildman–Crippen LogP) is 1.76. The van der Waals surface area contributed by atoms with Gasteiger partial charge in [-0.1, -0.05) is 6.42 Å². The van der Waals surface area contributed by atoms with Gasteiger partial charge in [-0.2, -0.15) is 0 Å². The standard InChI is InChI=1S/C12H20N4/c1-2-9-16(10-3-1)11-5-8-15-12-13-6-4-7-14-12/h4,6-7H,1-3,5,8-11H2,(H,13,14,15). The molecular weight excluding hydrogens is 200 g/mol. The number of hydrogen-bond acceptors (Lipinski definition) is 4. The van der Waals surface area contributed by atoms with Crippen molar-refractivity contribution in [3.05, 3.63) is 18.5 Å². The minimum absolute atomic E-state index is 0.737. The SMILES string of the molecule is c1cnc(NCCCN2CCCCC2)nc1. The Labute approximate surface area is 97.1 Å². The summed E-state index contributed by atoms with van der Waals surface area (Å²) in [5.41, 5.74) is 0. The molecule has 0 bridgehead atoms. The van der Waals surface area contributed by atoms with Crippen molar-refractivity contribution in [3.8, 4) is 0 Å². The summed E-state index contributed by atoms with van der Waals surface area (Å²) in [6.45, 7) is 4.71. The summed E-state index contributed by atoms with van der Waals surface area (Å²) in [5.74, 6) is 0.737. The molecule has 1 fully saturated rings. The fraction of sp³-hybridized carbons (Fsp3) is 0.667. The first-order valence-corrected chi connectivity index (χ1v) is 6.18. The molecule has 1 aromatic heterocycles. The molecule has 0 radical (unpaired) electrons. The molecule has 2 rings (SSSR count). The Kier molecular flexibility index (Phi) is 4.55. The molecule has 1 saturated heterocycles. The number of anilines is 1. The van der Waals surface area contributed by atoms with Crippen LogP contribution in [0.1, 0.15) is 25.7 Å². The largest absolute Gasteiger partial charge is 0.354 e. The zero-order valence-electron chi connectivity index (χ0n) is 9.73. The van der Waals surface area contributed by atoms with Gasteiger partial charge < -0.3 is 10.2 Å². The highest BCUT2D eigenvalue weighted by Gasteiger charge is 2.08. The maximum atomic E-state index is 4.13. The number of piperidine rings is 1.